The van der Waals surface area contributed by atoms with E-state index in [1.807, 2.05) is 19.9 Å². The van der Waals surface area contributed by atoms with Crippen LogP contribution in [-0.4, -0.2) is 50.3 Å². The topological polar surface area (TPSA) is 73.8 Å². The molecule has 4 rings (SSSR count). The van der Waals surface area contributed by atoms with Crippen molar-refractivity contribution in [3.8, 4) is 0 Å². The van der Waals surface area contributed by atoms with E-state index in [2.05, 4.69) is 41.8 Å². The van der Waals surface area contributed by atoms with E-state index < -0.39 is 10.0 Å². The molecular formula is C24H32N4O2S. The van der Waals surface area contributed by atoms with Crippen LogP contribution in [0.2, 0.25) is 0 Å². The normalized spacial score (nSPS) is 19.3. The summed E-state index contributed by atoms with van der Waals surface area (Å²) in [5, 5.41) is 7.19. The number of aryl methyl sites for hydroxylation is 3. The summed E-state index contributed by atoms with van der Waals surface area (Å²) in [6.45, 7) is 9.20. The molecule has 0 saturated carbocycles. The average Bonchev–Trinajstić information content (AvgIpc) is 2.73. The molecule has 166 valence electrons. The smallest absolute Gasteiger partial charge is 0.243 e. The van der Waals surface area contributed by atoms with Crippen LogP contribution in [0, 0.1) is 20.8 Å². The van der Waals surface area contributed by atoms with Crippen LogP contribution in [0.3, 0.4) is 0 Å². The average molecular weight is 441 g/mol. The Balaban J connectivity index is 1.47. The van der Waals surface area contributed by atoms with Gasteiger partial charge in [0, 0.05) is 26.2 Å². The summed E-state index contributed by atoms with van der Waals surface area (Å²) < 4.78 is 28.1. The van der Waals surface area contributed by atoms with Gasteiger partial charge in [-0.1, -0.05) is 35.9 Å². The highest BCUT2D eigenvalue weighted by molar-refractivity contribution is 7.89. The predicted octanol–water partition coefficient (Wildman–Crippen LogP) is 2.93. The summed E-state index contributed by atoms with van der Waals surface area (Å²) in [7, 11) is -3.49. The molecule has 0 amide bonds. The monoisotopic (exact) mass is 440 g/mol. The Hall–Kier alpha value is -2.22. The quantitative estimate of drug-likeness (QED) is 0.767. The van der Waals surface area contributed by atoms with Crippen LogP contribution in [0.1, 0.15) is 35.1 Å². The van der Waals surface area contributed by atoms with Crippen LogP contribution in [0.15, 0.2) is 52.4 Å². The van der Waals surface area contributed by atoms with E-state index in [-0.39, 0.29) is 5.54 Å². The number of nitrogens with one attached hydrogen (secondary N) is 2. The van der Waals surface area contributed by atoms with Crippen molar-refractivity contribution in [1.82, 2.24) is 14.9 Å². The van der Waals surface area contributed by atoms with Gasteiger partial charge in [-0.15, -0.1) is 0 Å². The molecule has 2 heterocycles. The van der Waals surface area contributed by atoms with Crippen LogP contribution < -0.4 is 10.6 Å². The van der Waals surface area contributed by atoms with Crippen LogP contribution in [0.4, 0.5) is 0 Å². The van der Waals surface area contributed by atoms with Crippen molar-refractivity contribution in [2.45, 2.75) is 50.6 Å². The molecule has 1 spiro atoms. The fourth-order valence-electron chi connectivity index (χ4n) is 4.68. The van der Waals surface area contributed by atoms with Gasteiger partial charge in [-0.2, -0.15) is 4.31 Å². The molecule has 2 aromatic carbocycles. The van der Waals surface area contributed by atoms with Gasteiger partial charge >= 0.3 is 0 Å². The lowest BCUT2D eigenvalue weighted by atomic mass is 9.85. The van der Waals surface area contributed by atoms with Gasteiger partial charge in [0.05, 0.1) is 17.0 Å². The van der Waals surface area contributed by atoms with Crippen molar-refractivity contribution in [3.63, 3.8) is 0 Å². The summed E-state index contributed by atoms with van der Waals surface area (Å²) in [4.78, 5) is 5.18. The van der Waals surface area contributed by atoms with Gasteiger partial charge in [-0.05, 0) is 62.4 Å². The fourth-order valence-corrected chi connectivity index (χ4v) is 6.31. The number of nitrogens with zero attached hydrogens (tertiary/aromatic N) is 2. The standard InChI is InChI=1S/C24H32N4O2S/c1-18-5-4-6-21(14-18)17-26-23-24(27-10-9-25-23)7-11-28(12-8-24)31(29,30)22-15-19(2)13-20(3)16-22/h4-6,13-16,27H,7-12,17H2,1-3H3,(H,25,26). The van der Waals surface area contributed by atoms with Crippen molar-refractivity contribution in [2.75, 3.05) is 26.2 Å². The highest BCUT2D eigenvalue weighted by Gasteiger charge is 2.43. The van der Waals surface area contributed by atoms with Crippen molar-refractivity contribution in [1.29, 1.82) is 0 Å². The van der Waals surface area contributed by atoms with Gasteiger partial charge in [0.25, 0.3) is 0 Å². The summed E-state index contributed by atoms with van der Waals surface area (Å²) in [6, 6.07) is 14.0. The Labute approximate surface area is 185 Å². The molecule has 0 radical (unpaired) electrons. The molecule has 0 unspecified atom stereocenters. The highest BCUT2D eigenvalue weighted by Crippen LogP contribution is 2.29. The first kappa shape index (κ1) is 22.0. The molecule has 2 aromatic rings. The molecular weight excluding hydrogens is 408 g/mol. The van der Waals surface area contributed by atoms with E-state index in [0.29, 0.717) is 37.4 Å². The maximum Gasteiger partial charge on any atom is 0.243 e. The highest BCUT2D eigenvalue weighted by atomic mass is 32.2. The largest absolute Gasteiger partial charge is 0.368 e. The molecule has 1 fully saturated rings. The fraction of sp³-hybridized carbons (Fsp3) is 0.458. The summed E-state index contributed by atoms with van der Waals surface area (Å²) in [5.41, 5.74) is 4.11. The SMILES string of the molecule is Cc1cccc(CNC2=NCCNC23CCN(S(=O)(=O)c2cc(C)cc(C)c2)CC3)c1. The minimum Gasteiger partial charge on any atom is -0.368 e. The molecule has 0 bridgehead atoms. The number of hydrogen-bond acceptors (Lipinski definition) is 5. The molecule has 1 saturated heterocycles. The van der Waals surface area contributed by atoms with E-state index in [1.54, 1.807) is 16.4 Å². The van der Waals surface area contributed by atoms with Gasteiger partial charge in [0.1, 0.15) is 5.84 Å². The number of benzene rings is 2. The van der Waals surface area contributed by atoms with Crippen molar-refractivity contribution in [3.05, 3.63) is 64.7 Å². The predicted molar refractivity (Wildman–Crippen MR) is 125 cm³/mol. The second-order valence-corrected chi connectivity index (χ2v) is 10.7. The Morgan fingerprint density at radius 3 is 2.42 bits per heavy atom. The zero-order chi connectivity index (χ0) is 22.1. The lowest BCUT2D eigenvalue weighted by molar-refractivity contribution is 0.241. The Morgan fingerprint density at radius 2 is 1.74 bits per heavy atom. The number of sulfonamides is 1. The Bertz CT molecular complexity index is 1070. The summed E-state index contributed by atoms with van der Waals surface area (Å²) in [5.74, 6) is 0.962. The third-order valence-electron chi connectivity index (χ3n) is 6.25. The van der Waals surface area contributed by atoms with E-state index in [1.165, 1.54) is 11.1 Å². The molecule has 6 nitrogen and oxygen atoms in total. The lowest BCUT2D eigenvalue weighted by Crippen LogP contribution is -2.64. The first-order chi connectivity index (χ1) is 14.8. The second kappa shape index (κ2) is 8.73. The van der Waals surface area contributed by atoms with E-state index in [4.69, 9.17) is 4.99 Å². The summed E-state index contributed by atoms with van der Waals surface area (Å²) in [6.07, 6.45) is 1.41. The maximum atomic E-state index is 13.2. The van der Waals surface area contributed by atoms with Crippen molar-refractivity contribution >= 4 is 15.9 Å². The molecule has 0 aromatic heterocycles. The molecule has 31 heavy (non-hydrogen) atoms. The Morgan fingerprint density at radius 1 is 1.03 bits per heavy atom. The minimum absolute atomic E-state index is 0.281. The van der Waals surface area contributed by atoms with Crippen LogP contribution in [0.25, 0.3) is 0 Å². The van der Waals surface area contributed by atoms with Crippen LogP contribution in [0.5, 0.6) is 0 Å². The van der Waals surface area contributed by atoms with E-state index in [9.17, 15) is 8.42 Å². The summed E-state index contributed by atoms with van der Waals surface area (Å²) >= 11 is 0. The van der Waals surface area contributed by atoms with Crippen LogP contribution >= 0.6 is 0 Å². The Kier molecular flexibility index (Phi) is 6.19. The van der Waals surface area contributed by atoms with E-state index in [0.717, 1.165) is 30.1 Å². The maximum absolute atomic E-state index is 13.2. The van der Waals surface area contributed by atoms with Gasteiger partial charge in [0.2, 0.25) is 10.0 Å². The lowest BCUT2D eigenvalue weighted by Gasteiger charge is -2.44. The first-order valence-corrected chi connectivity index (χ1v) is 12.4. The van der Waals surface area contributed by atoms with E-state index >= 15 is 0 Å². The van der Waals surface area contributed by atoms with Crippen LogP contribution in [-0.2, 0) is 16.6 Å². The number of rotatable bonds is 4. The molecule has 0 aliphatic carbocycles. The van der Waals surface area contributed by atoms with Gasteiger partial charge in [-0.25, -0.2) is 8.42 Å². The number of aliphatic imine (C=N–C) groups is 1. The number of hydrogen-bond donors (Lipinski definition) is 2. The van der Waals surface area contributed by atoms with Gasteiger partial charge in [0.15, 0.2) is 0 Å². The molecule has 0 atom stereocenters. The van der Waals surface area contributed by atoms with Gasteiger partial charge < -0.3 is 10.6 Å². The van der Waals surface area contributed by atoms with Crippen molar-refractivity contribution in [2.24, 2.45) is 4.99 Å². The number of amidine groups is 1. The zero-order valence-corrected chi connectivity index (χ0v) is 19.4. The first-order valence-electron chi connectivity index (χ1n) is 11.0. The third kappa shape index (κ3) is 4.68. The van der Waals surface area contributed by atoms with Gasteiger partial charge in [-0.3, -0.25) is 4.99 Å². The zero-order valence-electron chi connectivity index (χ0n) is 18.6. The van der Waals surface area contributed by atoms with Crippen molar-refractivity contribution < 1.29 is 8.42 Å². The minimum atomic E-state index is -3.49. The third-order valence-corrected chi connectivity index (χ3v) is 8.13. The molecule has 2 aliphatic heterocycles. The molecule has 2 N–H and O–H groups in total. The molecule has 7 heteroatoms. The number of piperidine rings is 1. The second-order valence-electron chi connectivity index (χ2n) is 8.81. The molecule has 2 aliphatic rings.